The lowest BCUT2D eigenvalue weighted by Crippen LogP contribution is -2.29. The fraction of sp³-hybridized carbons (Fsp3) is 0.267. The molecule has 0 saturated heterocycles. The molecule has 1 aromatic heterocycles. The summed E-state index contributed by atoms with van der Waals surface area (Å²) in [5, 5.41) is 7.65. The molecule has 0 atom stereocenters. The lowest BCUT2D eigenvalue weighted by molar-refractivity contribution is -0.117. The van der Waals surface area contributed by atoms with Crippen molar-refractivity contribution in [3.05, 3.63) is 51.2 Å². The molecule has 0 aliphatic carbocycles. The van der Waals surface area contributed by atoms with Crippen molar-refractivity contribution in [2.45, 2.75) is 13.5 Å². The van der Waals surface area contributed by atoms with Gasteiger partial charge < -0.3 is 5.32 Å². The van der Waals surface area contributed by atoms with E-state index in [-0.39, 0.29) is 5.91 Å². The van der Waals surface area contributed by atoms with Gasteiger partial charge in [0, 0.05) is 17.3 Å². The summed E-state index contributed by atoms with van der Waals surface area (Å²) < 4.78 is 0. The molecule has 0 radical (unpaired) electrons. The van der Waals surface area contributed by atoms with E-state index in [1.54, 1.807) is 17.4 Å². The van der Waals surface area contributed by atoms with Gasteiger partial charge in [0.25, 0.3) is 0 Å². The lowest BCUT2D eigenvalue weighted by Gasteiger charge is -2.15. The van der Waals surface area contributed by atoms with E-state index in [0.29, 0.717) is 11.6 Å². The summed E-state index contributed by atoms with van der Waals surface area (Å²) in [5.74, 6) is -0.0392. The van der Waals surface area contributed by atoms with Crippen LogP contribution in [0.5, 0.6) is 0 Å². The van der Waals surface area contributed by atoms with Crippen molar-refractivity contribution < 1.29 is 4.79 Å². The zero-order valence-electron chi connectivity index (χ0n) is 11.5. The number of rotatable bonds is 5. The van der Waals surface area contributed by atoms with Crippen molar-refractivity contribution >= 4 is 34.5 Å². The average molecular weight is 309 g/mol. The van der Waals surface area contributed by atoms with Crippen LogP contribution in [-0.4, -0.2) is 24.4 Å². The van der Waals surface area contributed by atoms with Gasteiger partial charge in [-0.15, -0.1) is 0 Å². The molecule has 2 rings (SSSR count). The molecule has 1 N–H and O–H groups in total. The predicted octanol–water partition coefficient (Wildman–Crippen LogP) is 3.78. The number of nitrogens with zero attached hydrogens (tertiary/aromatic N) is 1. The van der Waals surface area contributed by atoms with Crippen LogP contribution >= 0.6 is 22.9 Å². The SMILES string of the molecule is Cc1ccc(NC(=O)CN(C)Cc2ccsc2)cc1Cl. The fourth-order valence-corrected chi connectivity index (χ4v) is 2.71. The largest absolute Gasteiger partial charge is 0.325 e. The number of aryl methyl sites for hydroxylation is 1. The van der Waals surface area contributed by atoms with Gasteiger partial charge in [0.15, 0.2) is 0 Å². The number of hydrogen-bond acceptors (Lipinski definition) is 3. The summed E-state index contributed by atoms with van der Waals surface area (Å²) in [6, 6.07) is 7.59. The second kappa shape index (κ2) is 6.88. The van der Waals surface area contributed by atoms with Gasteiger partial charge in [-0.3, -0.25) is 9.69 Å². The molecule has 1 amide bonds. The van der Waals surface area contributed by atoms with Crippen LogP contribution in [0.1, 0.15) is 11.1 Å². The number of halogens is 1. The Morgan fingerprint density at radius 2 is 2.20 bits per heavy atom. The molecule has 1 heterocycles. The van der Waals surface area contributed by atoms with E-state index < -0.39 is 0 Å². The third kappa shape index (κ3) is 4.34. The smallest absolute Gasteiger partial charge is 0.238 e. The molecule has 3 nitrogen and oxygen atoms in total. The zero-order chi connectivity index (χ0) is 14.5. The van der Waals surface area contributed by atoms with E-state index in [2.05, 4.69) is 16.8 Å². The maximum atomic E-state index is 12.0. The molecular formula is C15H17ClN2OS. The quantitative estimate of drug-likeness (QED) is 0.911. The highest BCUT2D eigenvalue weighted by Crippen LogP contribution is 2.19. The van der Waals surface area contributed by atoms with Crippen molar-refractivity contribution in [2.24, 2.45) is 0 Å². The Morgan fingerprint density at radius 1 is 1.40 bits per heavy atom. The number of carbonyl (C=O) groups is 1. The fourth-order valence-electron chi connectivity index (χ4n) is 1.87. The molecule has 5 heteroatoms. The molecule has 0 aliphatic heterocycles. The number of amides is 1. The van der Waals surface area contributed by atoms with E-state index in [1.165, 1.54) is 5.56 Å². The van der Waals surface area contributed by atoms with Gasteiger partial charge >= 0.3 is 0 Å². The van der Waals surface area contributed by atoms with E-state index in [4.69, 9.17) is 11.6 Å². The van der Waals surface area contributed by atoms with Crippen molar-refractivity contribution in [2.75, 3.05) is 18.9 Å². The predicted molar refractivity (Wildman–Crippen MR) is 85.5 cm³/mol. The monoisotopic (exact) mass is 308 g/mol. The molecule has 0 fully saturated rings. The number of anilines is 1. The minimum atomic E-state index is -0.0392. The normalized spacial score (nSPS) is 10.8. The molecular weight excluding hydrogens is 292 g/mol. The van der Waals surface area contributed by atoms with E-state index in [0.717, 1.165) is 17.8 Å². The third-order valence-corrected chi connectivity index (χ3v) is 4.04. The van der Waals surface area contributed by atoms with Crippen LogP contribution < -0.4 is 5.32 Å². The summed E-state index contributed by atoms with van der Waals surface area (Å²) in [4.78, 5) is 13.9. The Bertz CT molecular complexity index is 584. The van der Waals surface area contributed by atoms with Crippen LogP contribution in [0, 0.1) is 6.92 Å². The maximum Gasteiger partial charge on any atom is 0.238 e. The second-order valence-electron chi connectivity index (χ2n) is 4.82. The minimum Gasteiger partial charge on any atom is -0.325 e. The number of carbonyl (C=O) groups excluding carboxylic acids is 1. The molecule has 0 spiro atoms. The number of nitrogens with one attached hydrogen (secondary N) is 1. The Kier molecular flexibility index (Phi) is 5.17. The first-order valence-corrected chi connectivity index (χ1v) is 7.62. The van der Waals surface area contributed by atoms with Crippen LogP contribution in [-0.2, 0) is 11.3 Å². The summed E-state index contributed by atoms with van der Waals surface area (Å²) in [7, 11) is 1.93. The first-order valence-electron chi connectivity index (χ1n) is 6.30. The summed E-state index contributed by atoms with van der Waals surface area (Å²) in [5.41, 5.74) is 2.96. The maximum absolute atomic E-state index is 12.0. The first kappa shape index (κ1) is 15.0. The Balaban J connectivity index is 1.87. The number of hydrogen-bond donors (Lipinski definition) is 1. The summed E-state index contributed by atoms with van der Waals surface area (Å²) in [6.45, 7) is 3.05. The summed E-state index contributed by atoms with van der Waals surface area (Å²) in [6.07, 6.45) is 0. The first-order chi connectivity index (χ1) is 9.54. The van der Waals surface area contributed by atoms with Gasteiger partial charge in [0.2, 0.25) is 5.91 Å². The average Bonchev–Trinajstić information content (AvgIpc) is 2.86. The van der Waals surface area contributed by atoms with Crippen molar-refractivity contribution in [1.29, 1.82) is 0 Å². The van der Waals surface area contributed by atoms with Gasteiger partial charge in [-0.25, -0.2) is 0 Å². The molecule has 106 valence electrons. The highest BCUT2D eigenvalue weighted by atomic mass is 35.5. The van der Waals surface area contributed by atoms with Gasteiger partial charge in [-0.05, 0) is 54.1 Å². The van der Waals surface area contributed by atoms with Crippen molar-refractivity contribution in [1.82, 2.24) is 4.90 Å². The second-order valence-corrected chi connectivity index (χ2v) is 6.00. The zero-order valence-corrected chi connectivity index (χ0v) is 13.1. The minimum absolute atomic E-state index is 0.0392. The molecule has 0 unspecified atom stereocenters. The Hall–Kier alpha value is -1.36. The molecule has 2 aromatic rings. The lowest BCUT2D eigenvalue weighted by atomic mass is 10.2. The van der Waals surface area contributed by atoms with Gasteiger partial charge in [-0.1, -0.05) is 17.7 Å². The molecule has 1 aromatic carbocycles. The Morgan fingerprint density at radius 3 is 2.85 bits per heavy atom. The third-order valence-electron chi connectivity index (χ3n) is 2.90. The van der Waals surface area contributed by atoms with Crippen LogP contribution in [0.25, 0.3) is 0 Å². The van der Waals surface area contributed by atoms with E-state index in [1.807, 2.05) is 36.4 Å². The topological polar surface area (TPSA) is 32.3 Å². The van der Waals surface area contributed by atoms with Gasteiger partial charge in [0.05, 0.1) is 6.54 Å². The number of benzene rings is 1. The highest BCUT2D eigenvalue weighted by Gasteiger charge is 2.08. The van der Waals surface area contributed by atoms with Gasteiger partial charge in [0.1, 0.15) is 0 Å². The van der Waals surface area contributed by atoms with Crippen LogP contribution in [0.3, 0.4) is 0 Å². The molecule has 20 heavy (non-hydrogen) atoms. The Labute approximate surface area is 128 Å². The van der Waals surface area contributed by atoms with Crippen LogP contribution in [0.4, 0.5) is 5.69 Å². The van der Waals surface area contributed by atoms with E-state index in [9.17, 15) is 4.79 Å². The van der Waals surface area contributed by atoms with Crippen molar-refractivity contribution in [3.63, 3.8) is 0 Å². The van der Waals surface area contributed by atoms with Crippen LogP contribution in [0.2, 0.25) is 5.02 Å². The summed E-state index contributed by atoms with van der Waals surface area (Å²) >= 11 is 7.70. The van der Waals surface area contributed by atoms with E-state index >= 15 is 0 Å². The molecule has 0 aliphatic rings. The highest BCUT2D eigenvalue weighted by molar-refractivity contribution is 7.07. The van der Waals surface area contributed by atoms with Gasteiger partial charge in [-0.2, -0.15) is 11.3 Å². The standard InChI is InChI=1S/C15H17ClN2OS/c1-11-3-4-13(7-14(11)16)17-15(19)9-18(2)8-12-5-6-20-10-12/h3-7,10H,8-9H2,1-2H3,(H,17,19). The molecule has 0 saturated carbocycles. The number of thiophene rings is 1. The molecule has 0 bridgehead atoms. The van der Waals surface area contributed by atoms with Crippen molar-refractivity contribution in [3.8, 4) is 0 Å². The number of likely N-dealkylation sites (N-methyl/N-ethyl adjacent to an activating group) is 1. The van der Waals surface area contributed by atoms with Crippen LogP contribution in [0.15, 0.2) is 35.0 Å².